The SMILES string of the molecule is CC(C)(C)c1ccc(CCCCCCCCCCC(F)(F)C(=O)O)cc1. The van der Waals surface area contributed by atoms with E-state index in [0.717, 1.165) is 25.7 Å². The lowest BCUT2D eigenvalue weighted by atomic mass is 9.86. The lowest BCUT2D eigenvalue weighted by Crippen LogP contribution is -2.27. The molecule has 0 fully saturated rings. The molecule has 1 rings (SSSR count). The summed E-state index contributed by atoms with van der Waals surface area (Å²) in [6.07, 6.45) is 8.14. The minimum Gasteiger partial charge on any atom is -0.477 e. The first-order valence-electron chi connectivity index (χ1n) is 9.83. The van der Waals surface area contributed by atoms with Crippen LogP contribution in [0, 0.1) is 0 Å². The van der Waals surface area contributed by atoms with Crippen LogP contribution in [0.1, 0.15) is 89.7 Å². The van der Waals surface area contributed by atoms with Crippen LogP contribution in [0.5, 0.6) is 0 Å². The number of halogens is 2. The van der Waals surface area contributed by atoms with Gasteiger partial charge in [-0.25, -0.2) is 4.79 Å². The predicted octanol–water partition coefficient (Wildman–Crippen LogP) is 6.76. The molecular weight excluding hydrogens is 334 g/mol. The fourth-order valence-corrected chi connectivity index (χ4v) is 3.02. The van der Waals surface area contributed by atoms with Crippen molar-refractivity contribution in [1.29, 1.82) is 0 Å². The number of alkyl halides is 2. The molecule has 1 aromatic rings. The van der Waals surface area contributed by atoms with E-state index in [2.05, 4.69) is 45.0 Å². The summed E-state index contributed by atoms with van der Waals surface area (Å²) in [6.45, 7) is 6.67. The van der Waals surface area contributed by atoms with Gasteiger partial charge in [-0.1, -0.05) is 83.6 Å². The van der Waals surface area contributed by atoms with Crippen molar-refractivity contribution in [2.75, 3.05) is 0 Å². The van der Waals surface area contributed by atoms with E-state index in [1.807, 2.05) is 0 Å². The second kappa shape index (κ2) is 10.6. The summed E-state index contributed by atoms with van der Waals surface area (Å²) in [5.41, 5.74) is 2.95. The molecule has 2 nitrogen and oxygen atoms in total. The summed E-state index contributed by atoms with van der Waals surface area (Å²) in [5.74, 6) is -5.57. The van der Waals surface area contributed by atoms with Crippen molar-refractivity contribution in [3.05, 3.63) is 35.4 Å². The molecule has 0 amide bonds. The van der Waals surface area contributed by atoms with Gasteiger partial charge in [0.05, 0.1) is 0 Å². The van der Waals surface area contributed by atoms with Gasteiger partial charge in [0.25, 0.3) is 0 Å². The quantitative estimate of drug-likeness (QED) is 0.414. The second-order valence-electron chi connectivity index (χ2n) is 8.28. The number of hydrogen-bond donors (Lipinski definition) is 1. The molecule has 1 aromatic carbocycles. The van der Waals surface area contributed by atoms with Crippen LogP contribution in [0.15, 0.2) is 24.3 Å². The normalized spacial score (nSPS) is 12.3. The third kappa shape index (κ3) is 8.77. The number of carboxylic acid groups (broad SMARTS) is 1. The number of carbonyl (C=O) groups is 1. The van der Waals surface area contributed by atoms with Crippen molar-refractivity contribution < 1.29 is 18.7 Å². The Kier molecular flexibility index (Phi) is 9.24. The highest BCUT2D eigenvalue weighted by Gasteiger charge is 2.37. The molecule has 0 aromatic heterocycles. The smallest absolute Gasteiger partial charge is 0.374 e. The van der Waals surface area contributed by atoms with Crippen molar-refractivity contribution >= 4 is 5.97 Å². The van der Waals surface area contributed by atoms with Gasteiger partial charge in [0.15, 0.2) is 0 Å². The fourth-order valence-electron chi connectivity index (χ4n) is 3.02. The highest BCUT2D eigenvalue weighted by Crippen LogP contribution is 2.23. The molecule has 0 spiro atoms. The minimum absolute atomic E-state index is 0.196. The third-order valence-electron chi connectivity index (χ3n) is 4.84. The number of hydrogen-bond acceptors (Lipinski definition) is 1. The molecule has 0 atom stereocenters. The molecule has 0 bridgehead atoms. The third-order valence-corrected chi connectivity index (χ3v) is 4.84. The Balaban J connectivity index is 2.02. The Morgan fingerprint density at radius 3 is 1.77 bits per heavy atom. The molecule has 0 aliphatic rings. The van der Waals surface area contributed by atoms with Crippen molar-refractivity contribution in [1.82, 2.24) is 0 Å². The first kappa shape index (κ1) is 22.6. The Morgan fingerprint density at radius 2 is 1.31 bits per heavy atom. The highest BCUT2D eigenvalue weighted by atomic mass is 19.3. The highest BCUT2D eigenvalue weighted by molar-refractivity contribution is 5.75. The van der Waals surface area contributed by atoms with Crippen LogP contribution in [-0.2, 0) is 16.6 Å². The first-order chi connectivity index (χ1) is 12.1. The molecule has 0 saturated carbocycles. The summed E-state index contributed by atoms with van der Waals surface area (Å²) in [5, 5.41) is 8.35. The largest absolute Gasteiger partial charge is 0.477 e. The molecule has 1 N–H and O–H groups in total. The number of aliphatic carboxylic acids is 1. The van der Waals surface area contributed by atoms with Crippen molar-refractivity contribution in [3.8, 4) is 0 Å². The van der Waals surface area contributed by atoms with Crippen LogP contribution >= 0.6 is 0 Å². The zero-order chi connectivity index (χ0) is 19.6. The van der Waals surface area contributed by atoms with E-state index in [1.165, 1.54) is 30.4 Å². The first-order valence-corrected chi connectivity index (χ1v) is 9.83. The predicted molar refractivity (Wildman–Crippen MR) is 103 cm³/mol. The maximum Gasteiger partial charge on any atom is 0.374 e. The summed E-state index contributed by atoms with van der Waals surface area (Å²) < 4.78 is 25.8. The molecule has 4 heteroatoms. The summed E-state index contributed by atoms with van der Waals surface area (Å²) in [7, 11) is 0. The van der Waals surface area contributed by atoms with Crippen molar-refractivity contribution in [2.24, 2.45) is 0 Å². The Hall–Kier alpha value is -1.45. The maximum atomic E-state index is 12.9. The Bertz CT molecular complexity index is 530. The number of aryl methyl sites for hydroxylation is 1. The van der Waals surface area contributed by atoms with E-state index in [1.54, 1.807) is 0 Å². The van der Waals surface area contributed by atoms with Crippen LogP contribution in [0.4, 0.5) is 8.78 Å². The van der Waals surface area contributed by atoms with Crippen LogP contribution in [-0.4, -0.2) is 17.0 Å². The van der Waals surface area contributed by atoms with Gasteiger partial charge in [-0.3, -0.25) is 0 Å². The monoisotopic (exact) mass is 368 g/mol. The number of rotatable bonds is 12. The van der Waals surface area contributed by atoms with Gasteiger partial charge in [-0.15, -0.1) is 0 Å². The number of benzene rings is 1. The van der Waals surface area contributed by atoms with Crippen LogP contribution < -0.4 is 0 Å². The Morgan fingerprint density at radius 1 is 0.846 bits per heavy atom. The molecule has 26 heavy (non-hydrogen) atoms. The zero-order valence-electron chi connectivity index (χ0n) is 16.5. The summed E-state index contributed by atoms with van der Waals surface area (Å²) in [6, 6.07) is 8.91. The standard InChI is InChI=1S/C22H34F2O2/c1-21(2,3)19-15-13-18(14-16-19)12-10-8-6-4-5-7-9-11-17-22(23,24)20(25)26/h13-16H,4-12,17H2,1-3H3,(H,25,26). The van der Waals surface area contributed by atoms with E-state index in [-0.39, 0.29) is 11.8 Å². The molecule has 0 unspecified atom stereocenters. The van der Waals surface area contributed by atoms with E-state index in [4.69, 9.17) is 5.11 Å². The molecule has 0 saturated heterocycles. The Labute approximate surface area is 157 Å². The van der Waals surface area contributed by atoms with Gasteiger partial charge < -0.3 is 5.11 Å². The van der Waals surface area contributed by atoms with Gasteiger partial charge >= 0.3 is 11.9 Å². The topological polar surface area (TPSA) is 37.3 Å². The van der Waals surface area contributed by atoms with Gasteiger partial charge in [0, 0.05) is 6.42 Å². The van der Waals surface area contributed by atoms with E-state index in [0.29, 0.717) is 6.42 Å². The van der Waals surface area contributed by atoms with Gasteiger partial charge in [-0.2, -0.15) is 8.78 Å². The van der Waals surface area contributed by atoms with Crippen LogP contribution in [0.3, 0.4) is 0 Å². The second-order valence-corrected chi connectivity index (χ2v) is 8.28. The van der Waals surface area contributed by atoms with Gasteiger partial charge in [0.2, 0.25) is 0 Å². The van der Waals surface area contributed by atoms with Crippen molar-refractivity contribution in [2.45, 2.75) is 96.3 Å². The molecular formula is C22H34F2O2. The molecule has 0 radical (unpaired) electrons. The zero-order valence-corrected chi connectivity index (χ0v) is 16.5. The summed E-state index contributed by atoms with van der Waals surface area (Å²) in [4.78, 5) is 10.3. The van der Waals surface area contributed by atoms with Crippen LogP contribution in [0.2, 0.25) is 0 Å². The van der Waals surface area contributed by atoms with E-state index < -0.39 is 18.3 Å². The average molecular weight is 369 g/mol. The average Bonchev–Trinajstić information content (AvgIpc) is 2.56. The minimum atomic E-state index is -3.56. The summed E-state index contributed by atoms with van der Waals surface area (Å²) >= 11 is 0. The van der Waals surface area contributed by atoms with Gasteiger partial charge in [0.1, 0.15) is 0 Å². The lowest BCUT2D eigenvalue weighted by Gasteiger charge is -2.19. The molecule has 0 heterocycles. The number of unbranched alkanes of at least 4 members (excludes halogenated alkanes) is 7. The van der Waals surface area contributed by atoms with Crippen molar-refractivity contribution in [3.63, 3.8) is 0 Å². The maximum absolute atomic E-state index is 12.9. The fraction of sp³-hybridized carbons (Fsp3) is 0.682. The number of carboxylic acids is 1. The molecule has 0 aliphatic heterocycles. The van der Waals surface area contributed by atoms with E-state index in [9.17, 15) is 13.6 Å². The molecule has 0 aliphatic carbocycles. The van der Waals surface area contributed by atoms with E-state index >= 15 is 0 Å². The van der Waals surface area contributed by atoms with Gasteiger partial charge in [-0.05, 0) is 35.8 Å². The molecule has 148 valence electrons. The van der Waals surface area contributed by atoms with Crippen LogP contribution in [0.25, 0.3) is 0 Å². The lowest BCUT2D eigenvalue weighted by molar-refractivity contribution is -0.165.